The molecule has 21 heavy (non-hydrogen) atoms. The molecule has 1 aliphatic carbocycles. The van der Waals surface area contributed by atoms with Gasteiger partial charge in [0.1, 0.15) is 11.7 Å². The molecule has 1 aliphatic heterocycles. The molecule has 0 atom stereocenters. The highest BCUT2D eigenvalue weighted by Crippen LogP contribution is 2.29. The zero-order valence-electron chi connectivity index (χ0n) is 13.0. The van der Waals surface area contributed by atoms with Crippen molar-refractivity contribution in [2.75, 3.05) is 32.1 Å². The standard InChI is InChI=1S/C16H25N5/c1-20-8-6-12(7-9-20)21(2)16-13(15(17)18)10-11-4-3-5-14(11)19-16/h10,12H,3-9H2,1-2H3,(H3,17,18). The quantitative estimate of drug-likeness (QED) is 0.651. The van der Waals surface area contributed by atoms with Gasteiger partial charge in [0.15, 0.2) is 0 Å². The first-order valence-electron chi connectivity index (χ1n) is 7.85. The van der Waals surface area contributed by atoms with Crippen LogP contribution in [-0.4, -0.2) is 48.9 Å². The molecule has 2 aliphatic rings. The predicted molar refractivity (Wildman–Crippen MR) is 86.2 cm³/mol. The molecule has 3 N–H and O–H groups in total. The van der Waals surface area contributed by atoms with Gasteiger partial charge in [-0.1, -0.05) is 0 Å². The fourth-order valence-electron chi connectivity index (χ4n) is 3.48. The zero-order chi connectivity index (χ0) is 15.0. The summed E-state index contributed by atoms with van der Waals surface area (Å²) in [6, 6.07) is 2.59. The Kier molecular flexibility index (Phi) is 3.85. The molecule has 1 saturated heterocycles. The smallest absolute Gasteiger partial charge is 0.139 e. The van der Waals surface area contributed by atoms with Crippen LogP contribution in [0.3, 0.4) is 0 Å². The molecule has 0 amide bonds. The summed E-state index contributed by atoms with van der Waals surface area (Å²) < 4.78 is 0. The number of nitrogens with two attached hydrogens (primary N) is 1. The topological polar surface area (TPSA) is 69.2 Å². The van der Waals surface area contributed by atoms with Gasteiger partial charge in [-0.25, -0.2) is 4.98 Å². The normalized spacial score (nSPS) is 19.5. The summed E-state index contributed by atoms with van der Waals surface area (Å²) in [4.78, 5) is 9.48. The van der Waals surface area contributed by atoms with Crippen molar-refractivity contribution in [3.8, 4) is 0 Å². The Labute approximate surface area is 126 Å². The number of hydrogen-bond donors (Lipinski definition) is 2. The maximum absolute atomic E-state index is 7.88. The van der Waals surface area contributed by atoms with Gasteiger partial charge in [0, 0.05) is 18.8 Å². The number of hydrogen-bond acceptors (Lipinski definition) is 4. The number of aromatic nitrogens is 1. The summed E-state index contributed by atoms with van der Waals surface area (Å²) in [6.07, 6.45) is 5.58. The largest absolute Gasteiger partial charge is 0.384 e. The number of fused-ring (bicyclic) bond motifs is 1. The number of rotatable bonds is 3. The number of nitrogen functional groups attached to an aromatic ring is 1. The van der Waals surface area contributed by atoms with Crippen molar-refractivity contribution in [3.05, 3.63) is 22.9 Å². The Bertz CT molecular complexity index is 546. The minimum Gasteiger partial charge on any atom is -0.384 e. The molecule has 5 heteroatoms. The minimum atomic E-state index is 0.131. The van der Waals surface area contributed by atoms with Crippen molar-refractivity contribution in [1.82, 2.24) is 9.88 Å². The predicted octanol–water partition coefficient (Wildman–Crippen LogP) is 1.38. The number of pyridine rings is 1. The Morgan fingerprint density at radius 2 is 2.10 bits per heavy atom. The molecular formula is C16H25N5. The van der Waals surface area contributed by atoms with Crippen molar-refractivity contribution in [2.45, 2.75) is 38.1 Å². The molecule has 114 valence electrons. The Morgan fingerprint density at radius 1 is 1.38 bits per heavy atom. The van der Waals surface area contributed by atoms with Crippen LogP contribution < -0.4 is 10.6 Å². The van der Waals surface area contributed by atoms with E-state index in [-0.39, 0.29) is 5.84 Å². The second kappa shape index (κ2) is 5.64. The SMILES string of the molecule is CN1CCC(N(C)c2nc3c(cc2C(=N)N)CCC3)CC1. The lowest BCUT2D eigenvalue weighted by Gasteiger charge is -2.36. The van der Waals surface area contributed by atoms with Gasteiger partial charge in [0.25, 0.3) is 0 Å². The maximum Gasteiger partial charge on any atom is 0.139 e. The van der Waals surface area contributed by atoms with Crippen LogP contribution in [0.15, 0.2) is 6.07 Å². The van der Waals surface area contributed by atoms with Gasteiger partial charge in [0.2, 0.25) is 0 Å². The average molecular weight is 287 g/mol. The van der Waals surface area contributed by atoms with Gasteiger partial charge in [0.05, 0.1) is 5.56 Å². The maximum atomic E-state index is 7.88. The van der Waals surface area contributed by atoms with Crippen molar-refractivity contribution in [1.29, 1.82) is 5.41 Å². The van der Waals surface area contributed by atoms with Crippen LogP contribution >= 0.6 is 0 Å². The van der Waals surface area contributed by atoms with E-state index in [0.717, 1.165) is 50.2 Å². The summed E-state index contributed by atoms with van der Waals surface area (Å²) in [5.41, 5.74) is 9.09. The first-order chi connectivity index (χ1) is 10.1. The lowest BCUT2D eigenvalue weighted by Crippen LogP contribution is -2.43. The summed E-state index contributed by atoms with van der Waals surface area (Å²) in [7, 11) is 4.27. The van der Waals surface area contributed by atoms with Crippen LogP contribution in [0.25, 0.3) is 0 Å². The number of aryl methyl sites for hydroxylation is 2. The molecule has 0 unspecified atom stereocenters. The van der Waals surface area contributed by atoms with E-state index in [1.54, 1.807) is 0 Å². The van der Waals surface area contributed by atoms with E-state index in [9.17, 15) is 0 Å². The molecule has 2 heterocycles. The van der Waals surface area contributed by atoms with Crippen LogP contribution in [0.4, 0.5) is 5.82 Å². The molecule has 0 spiro atoms. The van der Waals surface area contributed by atoms with E-state index in [4.69, 9.17) is 16.1 Å². The fourth-order valence-corrected chi connectivity index (χ4v) is 3.48. The van der Waals surface area contributed by atoms with Crippen molar-refractivity contribution in [3.63, 3.8) is 0 Å². The molecule has 0 saturated carbocycles. The van der Waals surface area contributed by atoms with Gasteiger partial charge in [-0.05, 0) is 63.9 Å². The van der Waals surface area contributed by atoms with E-state index in [1.807, 2.05) is 0 Å². The molecule has 0 bridgehead atoms. The first-order valence-corrected chi connectivity index (χ1v) is 7.85. The number of likely N-dealkylation sites (tertiary alicyclic amines) is 1. The van der Waals surface area contributed by atoms with Gasteiger partial charge >= 0.3 is 0 Å². The second-order valence-electron chi connectivity index (χ2n) is 6.38. The second-order valence-corrected chi connectivity index (χ2v) is 6.38. The van der Waals surface area contributed by atoms with Gasteiger partial charge in [-0.15, -0.1) is 0 Å². The van der Waals surface area contributed by atoms with Crippen molar-refractivity contribution < 1.29 is 0 Å². The highest BCUT2D eigenvalue weighted by Gasteiger charge is 2.26. The molecular weight excluding hydrogens is 262 g/mol. The zero-order valence-corrected chi connectivity index (χ0v) is 13.0. The lowest BCUT2D eigenvalue weighted by atomic mass is 10.0. The van der Waals surface area contributed by atoms with E-state index < -0.39 is 0 Å². The van der Waals surface area contributed by atoms with E-state index in [2.05, 4.69) is 30.0 Å². The fraction of sp³-hybridized carbons (Fsp3) is 0.625. The molecule has 3 rings (SSSR count). The third-order valence-corrected chi connectivity index (χ3v) is 4.89. The molecule has 5 nitrogen and oxygen atoms in total. The lowest BCUT2D eigenvalue weighted by molar-refractivity contribution is 0.252. The highest BCUT2D eigenvalue weighted by molar-refractivity contribution is 6.00. The van der Waals surface area contributed by atoms with Crippen molar-refractivity contribution >= 4 is 11.7 Å². The van der Waals surface area contributed by atoms with Crippen LogP contribution in [0.2, 0.25) is 0 Å². The van der Waals surface area contributed by atoms with Crippen LogP contribution in [0.1, 0.15) is 36.1 Å². The molecule has 1 fully saturated rings. The molecule has 1 aromatic heterocycles. The number of nitrogens with zero attached hydrogens (tertiary/aromatic N) is 3. The third kappa shape index (κ3) is 2.75. The Morgan fingerprint density at radius 3 is 2.76 bits per heavy atom. The number of amidine groups is 1. The van der Waals surface area contributed by atoms with Gasteiger partial charge in [-0.3, -0.25) is 5.41 Å². The summed E-state index contributed by atoms with van der Waals surface area (Å²) in [6.45, 7) is 2.24. The monoisotopic (exact) mass is 287 g/mol. The van der Waals surface area contributed by atoms with Crippen LogP contribution in [0, 0.1) is 5.41 Å². The van der Waals surface area contributed by atoms with Crippen LogP contribution in [-0.2, 0) is 12.8 Å². The van der Waals surface area contributed by atoms with E-state index >= 15 is 0 Å². The molecule has 1 aromatic rings. The van der Waals surface area contributed by atoms with Crippen LogP contribution in [0.5, 0.6) is 0 Å². The average Bonchev–Trinajstić information content (AvgIpc) is 2.93. The first kappa shape index (κ1) is 14.3. The van der Waals surface area contributed by atoms with Gasteiger partial charge in [-0.2, -0.15) is 0 Å². The van der Waals surface area contributed by atoms with Gasteiger partial charge < -0.3 is 15.5 Å². The third-order valence-electron chi connectivity index (χ3n) is 4.89. The van der Waals surface area contributed by atoms with E-state index in [1.165, 1.54) is 17.7 Å². The minimum absolute atomic E-state index is 0.131. The number of anilines is 1. The number of nitrogens with one attached hydrogen (secondary N) is 1. The number of piperidine rings is 1. The summed E-state index contributed by atoms with van der Waals surface area (Å²) in [5.74, 6) is 1.03. The van der Waals surface area contributed by atoms with Crippen molar-refractivity contribution in [2.24, 2.45) is 5.73 Å². The Hall–Kier alpha value is -1.62. The molecule has 0 aromatic carbocycles. The Balaban J connectivity index is 1.91. The van der Waals surface area contributed by atoms with E-state index in [0.29, 0.717) is 6.04 Å². The highest BCUT2D eigenvalue weighted by atomic mass is 15.2. The summed E-state index contributed by atoms with van der Waals surface area (Å²) >= 11 is 0. The summed E-state index contributed by atoms with van der Waals surface area (Å²) in [5, 5.41) is 7.88. The molecule has 0 radical (unpaired) electrons.